The Morgan fingerprint density at radius 1 is 1.32 bits per heavy atom. The molecule has 4 nitrogen and oxygen atoms in total. The molecule has 0 aliphatic heterocycles. The number of nitrogens with zero attached hydrogens (tertiary/aromatic N) is 1. The Labute approximate surface area is 113 Å². The summed E-state index contributed by atoms with van der Waals surface area (Å²) >= 11 is 0. The summed E-state index contributed by atoms with van der Waals surface area (Å²) in [5.74, 6) is 1.44. The summed E-state index contributed by atoms with van der Waals surface area (Å²) in [5, 5.41) is 3.28. The van der Waals surface area contributed by atoms with Crippen LogP contribution in [0.3, 0.4) is 0 Å². The van der Waals surface area contributed by atoms with E-state index in [1.54, 1.807) is 13.3 Å². The minimum Gasteiger partial charge on any atom is -0.496 e. The summed E-state index contributed by atoms with van der Waals surface area (Å²) in [4.78, 5) is 4.14. The summed E-state index contributed by atoms with van der Waals surface area (Å²) in [5.41, 5.74) is 9.17. The van der Waals surface area contributed by atoms with Gasteiger partial charge in [-0.3, -0.25) is 0 Å². The van der Waals surface area contributed by atoms with Gasteiger partial charge in [0.2, 0.25) is 0 Å². The van der Waals surface area contributed by atoms with E-state index in [-0.39, 0.29) is 6.04 Å². The highest BCUT2D eigenvalue weighted by molar-refractivity contribution is 5.47. The summed E-state index contributed by atoms with van der Waals surface area (Å²) in [7, 11) is 3.59. The van der Waals surface area contributed by atoms with E-state index in [1.165, 1.54) is 0 Å². The molecule has 100 valence electrons. The van der Waals surface area contributed by atoms with E-state index >= 15 is 0 Å². The Morgan fingerprint density at radius 3 is 2.68 bits per heavy atom. The average molecular weight is 257 g/mol. The third-order valence-corrected chi connectivity index (χ3v) is 3.22. The van der Waals surface area contributed by atoms with Crippen molar-refractivity contribution in [2.45, 2.75) is 13.0 Å². The second-order valence-electron chi connectivity index (χ2n) is 4.43. The van der Waals surface area contributed by atoms with E-state index in [0.717, 1.165) is 22.4 Å². The molecule has 2 rings (SSSR count). The van der Waals surface area contributed by atoms with Crippen LogP contribution in [-0.2, 0) is 0 Å². The fraction of sp³-hybridized carbons (Fsp3) is 0.267. The molecule has 1 aromatic carbocycles. The molecule has 4 heteroatoms. The average Bonchev–Trinajstić information content (AvgIpc) is 2.42. The molecule has 0 aliphatic carbocycles. The molecule has 0 fully saturated rings. The largest absolute Gasteiger partial charge is 0.496 e. The molecule has 0 amide bonds. The van der Waals surface area contributed by atoms with Gasteiger partial charge in [-0.15, -0.1) is 0 Å². The van der Waals surface area contributed by atoms with Crippen molar-refractivity contribution in [3.05, 3.63) is 53.2 Å². The lowest BCUT2D eigenvalue weighted by Crippen LogP contribution is -2.19. The number of benzene rings is 1. The van der Waals surface area contributed by atoms with Gasteiger partial charge < -0.3 is 15.8 Å². The van der Waals surface area contributed by atoms with Crippen LogP contribution in [0.5, 0.6) is 5.75 Å². The lowest BCUT2D eigenvalue weighted by Gasteiger charge is -2.19. The predicted octanol–water partition coefficient (Wildman–Crippen LogP) is 2.29. The molecule has 1 aromatic heterocycles. The van der Waals surface area contributed by atoms with Crippen LogP contribution in [-0.4, -0.2) is 19.1 Å². The number of aromatic nitrogens is 1. The quantitative estimate of drug-likeness (QED) is 0.882. The zero-order chi connectivity index (χ0) is 13.8. The Hall–Kier alpha value is -2.07. The van der Waals surface area contributed by atoms with Gasteiger partial charge in [0.25, 0.3) is 0 Å². The number of hydrogen-bond donors (Lipinski definition) is 2. The highest BCUT2D eigenvalue weighted by Gasteiger charge is 2.16. The second-order valence-corrected chi connectivity index (χ2v) is 4.43. The van der Waals surface area contributed by atoms with Crippen molar-refractivity contribution in [2.75, 3.05) is 19.9 Å². The lowest BCUT2D eigenvalue weighted by molar-refractivity contribution is 0.411. The number of methoxy groups -OCH3 is 1. The number of rotatable bonds is 4. The summed E-state index contributed by atoms with van der Waals surface area (Å²) in [6, 6.07) is 10.0. The Morgan fingerprint density at radius 2 is 2.11 bits per heavy atom. The number of ether oxygens (including phenoxy) is 1. The molecule has 1 unspecified atom stereocenters. The lowest BCUT2D eigenvalue weighted by atomic mass is 9.97. The highest BCUT2D eigenvalue weighted by atomic mass is 16.5. The van der Waals surface area contributed by atoms with E-state index < -0.39 is 0 Å². The predicted molar refractivity (Wildman–Crippen MR) is 77.3 cm³/mol. The fourth-order valence-electron chi connectivity index (χ4n) is 2.26. The summed E-state index contributed by atoms with van der Waals surface area (Å²) in [6.45, 7) is 2.03. The molecule has 0 spiro atoms. The summed E-state index contributed by atoms with van der Waals surface area (Å²) < 4.78 is 5.29. The molecule has 19 heavy (non-hydrogen) atoms. The zero-order valence-electron chi connectivity index (χ0n) is 11.5. The molecule has 0 saturated carbocycles. The molecule has 1 heterocycles. The van der Waals surface area contributed by atoms with Crippen molar-refractivity contribution in [3.8, 4) is 5.75 Å². The number of nitrogens with one attached hydrogen (secondary N) is 1. The van der Waals surface area contributed by atoms with Gasteiger partial charge in [-0.2, -0.15) is 0 Å². The normalized spacial score (nSPS) is 12.2. The first kappa shape index (κ1) is 13.4. The number of anilines is 1. The Balaban J connectivity index is 2.43. The van der Waals surface area contributed by atoms with Crippen LogP contribution in [0.15, 0.2) is 36.5 Å². The molecule has 0 bridgehead atoms. The molecular formula is C15H19N3O. The minimum atomic E-state index is 0.0262. The first-order valence-electron chi connectivity index (χ1n) is 6.19. The van der Waals surface area contributed by atoms with Crippen LogP contribution in [0.2, 0.25) is 0 Å². The second kappa shape index (κ2) is 5.71. The van der Waals surface area contributed by atoms with Crippen molar-refractivity contribution in [3.63, 3.8) is 0 Å². The number of hydrogen-bond acceptors (Lipinski definition) is 4. The van der Waals surface area contributed by atoms with Gasteiger partial charge >= 0.3 is 0 Å². The van der Waals surface area contributed by atoms with Crippen molar-refractivity contribution in [1.29, 1.82) is 0 Å². The first-order valence-corrected chi connectivity index (χ1v) is 6.19. The SMILES string of the molecule is CNC(c1ccc(OC)c(C)c1)c1cccnc1N. The van der Waals surface area contributed by atoms with E-state index in [2.05, 4.69) is 16.4 Å². The minimum absolute atomic E-state index is 0.0262. The maximum absolute atomic E-state index is 5.95. The maximum atomic E-state index is 5.95. The van der Waals surface area contributed by atoms with Crippen LogP contribution in [0.25, 0.3) is 0 Å². The number of nitrogen functional groups attached to an aromatic ring is 1. The Bertz CT molecular complexity index is 569. The molecule has 0 saturated heterocycles. The third-order valence-electron chi connectivity index (χ3n) is 3.22. The van der Waals surface area contributed by atoms with Crippen LogP contribution >= 0.6 is 0 Å². The fourth-order valence-corrected chi connectivity index (χ4v) is 2.26. The van der Waals surface area contributed by atoms with Crippen molar-refractivity contribution in [1.82, 2.24) is 10.3 Å². The Kier molecular flexibility index (Phi) is 4.02. The van der Waals surface area contributed by atoms with Crippen LogP contribution in [0, 0.1) is 6.92 Å². The zero-order valence-corrected chi connectivity index (χ0v) is 11.5. The van der Waals surface area contributed by atoms with Gasteiger partial charge in [0.05, 0.1) is 13.2 Å². The molecule has 1 atom stereocenters. The number of aryl methyl sites for hydroxylation is 1. The topological polar surface area (TPSA) is 60.2 Å². The van der Waals surface area contributed by atoms with Crippen LogP contribution in [0.1, 0.15) is 22.7 Å². The number of nitrogens with two attached hydrogens (primary N) is 1. The van der Waals surface area contributed by atoms with E-state index in [1.807, 2.05) is 38.2 Å². The van der Waals surface area contributed by atoms with Gasteiger partial charge in [0.15, 0.2) is 0 Å². The van der Waals surface area contributed by atoms with Crippen LogP contribution in [0.4, 0.5) is 5.82 Å². The molecule has 2 aromatic rings. The van der Waals surface area contributed by atoms with E-state index in [9.17, 15) is 0 Å². The van der Waals surface area contributed by atoms with E-state index in [4.69, 9.17) is 10.5 Å². The van der Waals surface area contributed by atoms with Gasteiger partial charge in [0, 0.05) is 11.8 Å². The first-order chi connectivity index (χ1) is 9.17. The van der Waals surface area contributed by atoms with Gasteiger partial charge in [-0.1, -0.05) is 18.2 Å². The van der Waals surface area contributed by atoms with Gasteiger partial charge in [-0.25, -0.2) is 4.98 Å². The van der Waals surface area contributed by atoms with Gasteiger partial charge in [0.1, 0.15) is 11.6 Å². The smallest absolute Gasteiger partial charge is 0.128 e. The van der Waals surface area contributed by atoms with Crippen LogP contribution < -0.4 is 15.8 Å². The van der Waals surface area contributed by atoms with Gasteiger partial charge in [-0.05, 0) is 37.2 Å². The van der Waals surface area contributed by atoms with Crippen molar-refractivity contribution < 1.29 is 4.74 Å². The molecule has 3 N–H and O–H groups in total. The maximum Gasteiger partial charge on any atom is 0.128 e. The summed E-state index contributed by atoms with van der Waals surface area (Å²) in [6.07, 6.45) is 1.70. The van der Waals surface area contributed by atoms with E-state index in [0.29, 0.717) is 5.82 Å². The molecule has 0 aliphatic rings. The van der Waals surface area contributed by atoms with Crippen molar-refractivity contribution >= 4 is 5.82 Å². The monoisotopic (exact) mass is 257 g/mol. The van der Waals surface area contributed by atoms with Crippen molar-refractivity contribution in [2.24, 2.45) is 0 Å². The number of pyridine rings is 1. The standard InChI is InChI=1S/C15H19N3O/c1-10-9-11(6-7-13(10)19-3)14(17-2)12-5-4-8-18-15(12)16/h4-9,14,17H,1-3H3,(H2,16,18). The molecular weight excluding hydrogens is 238 g/mol. The third kappa shape index (κ3) is 2.69. The highest BCUT2D eigenvalue weighted by Crippen LogP contribution is 2.28. The molecule has 0 radical (unpaired) electrons.